The number of halogens is 3. The summed E-state index contributed by atoms with van der Waals surface area (Å²) in [7, 11) is 0. The highest BCUT2D eigenvalue weighted by molar-refractivity contribution is 9.10. The number of aromatic nitrogens is 1. The molecule has 1 heterocycles. The lowest BCUT2D eigenvalue weighted by molar-refractivity contribution is 0.589. The Morgan fingerprint density at radius 3 is 2.78 bits per heavy atom. The van der Waals surface area contributed by atoms with E-state index in [2.05, 4.69) is 20.9 Å². The minimum Gasteiger partial charge on any atom is -0.322 e. The van der Waals surface area contributed by atoms with Crippen LogP contribution >= 0.6 is 27.5 Å². The van der Waals surface area contributed by atoms with Crippen molar-refractivity contribution in [3.63, 3.8) is 0 Å². The van der Waals surface area contributed by atoms with Gasteiger partial charge >= 0.3 is 0 Å². The zero-order valence-corrected chi connectivity index (χ0v) is 11.7. The third-order valence-corrected chi connectivity index (χ3v) is 3.65. The van der Waals surface area contributed by atoms with Gasteiger partial charge in [0.05, 0.1) is 11.7 Å². The Labute approximate surface area is 118 Å². The Bertz CT molecular complexity index is 542. The maximum absolute atomic E-state index is 13.7. The van der Waals surface area contributed by atoms with Crippen molar-refractivity contribution >= 4 is 27.5 Å². The number of hydrogen-bond acceptors (Lipinski definition) is 2. The second-order valence-corrected chi connectivity index (χ2v) is 5.14. The zero-order valence-electron chi connectivity index (χ0n) is 9.41. The largest absolute Gasteiger partial charge is 0.322 e. The molecule has 0 spiro atoms. The van der Waals surface area contributed by atoms with E-state index in [1.54, 1.807) is 24.4 Å². The second kappa shape index (κ2) is 5.78. The monoisotopic (exact) mass is 328 g/mol. The van der Waals surface area contributed by atoms with Crippen molar-refractivity contribution in [3.8, 4) is 0 Å². The molecule has 0 fully saturated rings. The van der Waals surface area contributed by atoms with Gasteiger partial charge in [0, 0.05) is 21.3 Å². The van der Waals surface area contributed by atoms with Crippen LogP contribution in [0.3, 0.4) is 0 Å². The average Bonchev–Trinajstić information content (AvgIpc) is 2.34. The number of nitrogens with zero attached hydrogens (tertiary/aromatic N) is 1. The van der Waals surface area contributed by atoms with Crippen LogP contribution in [0.25, 0.3) is 0 Å². The third-order valence-electron chi connectivity index (χ3n) is 2.62. The molecule has 0 radical (unpaired) electrons. The molecule has 1 unspecified atom stereocenters. The molecule has 1 aromatic heterocycles. The molecular formula is C13H11BrClFN2. The molecule has 2 N–H and O–H groups in total. The summed E-state index contributed by atoms with van der Waals surface area (Å²) >= 11 is 9.35. The van der Waals surface area contributed by atoms with Gasteiger partial charge in [-0.05, 0) is 46.6 Å². The van der Waals surface area contributed by atoms with Crippen molar-refractivity contribution in [2.75, 3.05) is 0 Å². The number of pyridine rings is 1. The van der Waals surface area contributed by atoms with E-state index in [1.165, 1.54) is 6.07 Å². The Morgan fingerprint density at radius 1 is 1.33 bits per heavy atom. The summed E-state index contributed by atoms with van der Waals surface area (Å²) in [6, 6.07) is 7.85. The molecular weight excluding hydrogens is 319 g/mol. The van der Waals surface area contributed by atoms with Crippen molar-refractivity contribution in [3.05, 3.63) is 63.1 Å². The Kier molecular flexibility index (Phi) is 4.32. The van der Waals surface area contributed by atoms with Crippen molar-refractivity contribution in [1.29, 1.82) is 0 Å². The van der Waals surface area contributed by atoms with E-state index in [0.717, 1.165) is 4.47 Å². The van der Waals surface area contributed by atoms with Crippen LogP contribution in [0.4, 0.5) is 4.39 Å². The number of hydrogen-bond donors (Lipinski definition) is 1. The van der Waals surface area contributed by atoms with Crippen LogP contribution in [0.5, 0.6) is 0 Å². The fourth-order valence-corrected chi connectivity index (χ4v) is 2.50. The Morgan fingerprint density at radius 2 is 2.11 bits per heavy atom. The molecule has 18 heavy (non-hydrogen) atoms. The first kappa shape index (κ1) is 13.5. The molecule has 0 amide bonds. The molecule has 0 aliphatic heterocycles. The van der Waals surface area contributed by atoms with Gasteiger partial charge in [-0.25, -0.2) is 4.39 Å². The van der Waals surface area contributed by atoms with Crippen LogP contribution in [-0.4, -0.2) is 4.98 Å². The van der Waals surface area contributed by atoms with Gasteiger partial charge in [0.2, 0.25) is 0 Å². The summed E-state index contributed by atoms with van der Waals surface area (Å²) in [6.07, 6.45) is 1.96. The lowest BCUT2D eigenvalue weighted by Crippen LogP contribution is -2.16. The number of rotatable bonds is 3. The van der Waals surface area contributed by atoms with Crippen LogP contribution in [0, 0.1) is 5.82 Å². The van der Waals surface area contributed by atoms with Crippen molar-refractivity contribution in [1.82, 2.24) is 4.98 Å². The van der Waals surface area contributed by atoms with Gasteiger partial charge in [0.15, 0.2) is 0 Å². The van der Waals surface area contributed by atoms with Crippen molar-refractivity contribution < 1.29 is 4.39 Å². The minimum absolute atomic E-state index is 0.307. The lowest BCUT2D eigenvalue weighted by atomic mass is 10.0. The standard InChI is InChI=1S/C13H11BrClFN2/c14-9-3-2-6-18-13(9)12(17)7-8-10(15)4-1-5-11(8)16/h1-6,12H,7,17H2. The smallest absolute Gasteiger partial charge is 0.127 e. The van der Waals surface area contributed by atoms with E-state index in [9.17, 15) is 4.39 Å². The fourth-order valence-electron chi connectivity index (χ4n) is 1.71. The van der Waals surface area contributed by atoms with Gasteiger partial charge in [0.25, 0.3) is 0 Å². The molecule has 5 heteroatoms. The Balaban J connectivity index is 2.27. The highest BCUT2D eigenvalue weighted by atomic mass is 79.9. The summed E-state index contributed by atoms with van der Waals surface area (Å²) in [6.45, 7) is 0. The Hall–Kier alpha value is -0.970. The maximum atomic E-state index is 13.7. The summed E-state index contributed by atoms with van der Waals surface area (Å²) < 4.78 is 14.5. The van der Waals surface area contributed by atoms with Crippen LogP contribution in [0.1, 0.15) is 17.3 Å². The molecule has 1 aromatic carbocycles. The van der Waals surface area contributed by atoms with Crippen molar-refractivity contribution in [2.24, 2.45) is 5.73 Å². The van der Waals surface area contributed by atoms with Gasteiger partial charge in [-0.2, -0.15) is 0 Å². The van der Waals surface area contributed by atoms with Gasteiger partial charge in [-0.1, -0.05) is 17.7 Å². The summed E-state index contributed by atoms with van der Waals surface area (Å²) in [5, 5.41) is 0.387. The topological polar surface area (TPSA) is 38.9 Å². The third kappa shape index (κ3) is 2.88. The van der Waals surface area contributed by atoms with E-state index in [0.29, 0.717) is 22.7 Å². The first-order valence-electron chi connectivity index (χ1n) is 5.38. The molecule has 0 aliphatic rings. The van der Waals surface area contributed by atoms with Crippen LogP contribution in [0.15, 0.2) is 41.0 Å². The van der Waals surface area contributed by atoms with E-state index in [1.807, 2.05) is 6.07 Å². The molecule has 0 saturated carbocycles. The molecule has 0 aliphatic carbocycles. The van der Waals surface area contributed by atoms with E-state index in [4.69, 9.17) is 17.3 Å². The predicted octanol–water partition coefficient (Wildman–Crippen LogP) is 3.88. The highest BCUT2D eigenvalue weighted by Crippen LogP contribution is 2.26. The van der Waals surface area contributed by atoms with Crippen molar-refractivity contribution in [2.45, 2.75) is 12.5 Å². The van der Waals surface area contributed by atoms with Crippen LogP contribution in [0.2, 0.25) is 5.02 Å². The molecule has 2 rings (SSSR count). The normalized spacial score (nSPS) is 12.4. The summed E-state index contributed by atoms with van der Waals surface area (Å²) in [4.78, 5) is 4.20. The lowest BCUT2D eigenvalue weighted by Gasteiger charge is -2.14. The quantitative estimate of drug-likeness (QED) is 0.928. The predicted molar refractivity (Wildman–Crippen MR) is 74.0 cm³/mol. The van der Waals surface area contributed by atoms with Gasteiger partial charge in [0.1, 0.15) is 5.82 Å². The van der Waals surface area contributed by atoms with E-state index in [-0.39, 0.29) is 5.82 Å². The van der Waals surface area contributed by atoms with E-state index >= 15 is 0 Å². The maximum Gasteiger partial charge on any atom is 0.127 e. The first-order valence-corrected chi connectivity index (χ1v) is 6.55. The minimum atomic E-state index is -0.407. The molecule has 2 aromatic rings. The highest BCUT2D eigenvalue weighted by Gasteiger charge is 2.16. The summed E-state index contributed by atoms with van der Waals surface area (Å²) in [5.74, 6) is -0.343. The average molecular weight is 330 g/mol. The van der Waals surface area contributed by atoms with Gasteiger partial charge in [-0.15, -0.1) is 0 Å². The molecule has 1 atom stereocenters. The first-order chi connectivity index (χ1) is 8.59. The number of nitrogens with two attached hydrogens (primary N) is 1. The molecule has 2 nitrogen and oxygen atoms in total. The van der Waals surface area contributed by atoms with Gasteiger partial charge in [-0.3, -0.25) is 4.98 Å². The molecule has 94 valence electrons. The zero-order chi connectivity index (χ0) is 13.1. The van der Waals surface area contributed by atoms with E-state index < -0.39 is 6.04 Å². The molecule has 0 bridgehead atoms. The SMILES string of the molecule is NC(Cc1c(F)cccc1Cl)c1ncccc1Br. The van der Waals surface area contributed by atoms with Gasteiger partial charge < -0.3 is 5.73 Å². The molecule has 0 saturated heterocycles. The number of benzene rings is 1. The van der Waals surface area contributed by atoms with Crippen LogP contribution in [-0.2, 0) is 6.42 Å². The fraction of sp³-hybridized carbons (Fsp3) is 0.154. The summed E-state index contributed by atoms with van der Waals surface area (Å²) in [5.41, 5.74) is 7.16. The second-order valence-electron chi connectivity index (χ2n) is 3.88. The van der Waals surface area contributed by atoms with Crippen LogP contribution < -0.4 is 5.73 Å².